The van der Waals surface area contributed by atoms with Gasteiger partial charge in [0.2, 0.25) is 5.24 Å². The number of hydrogen-bond donors (Lipinski definition) is 1. The Morgan fingerprint density at radius 1 is 1.50 bits per heavy atom. The summed E-state index contributed by atoms with van der Waals surface area (Å²) in [6, 6.07) is 3.66. The lowest BCUT2D eigenvalue weighted by Crippen LogP contribution is -2.11. The quantitative estimate of drug-likeness (QED) is 0.657. The lowest BCUT2D eigenvalue weighted by molar-refractivity contribution is -0.107. The summed E-state index contributed by atoms with van der Waals surface area (Å²) in [7, 11) is 0. The average molecular weight is 310 g/mol. The molecular formula is C15H13Cl2NO2. The molecule has 1 atom stereocenters. The molecule has 1 aliphatic rings. The Balaban J connectivity index is 2.25. The van der Waals surface area contributed by atoms with Gasteiger partial charge in [0.1, 0.15) is 11.3 Å². The van der Waals surface area contributed by atoms with Crippen LogP contribution in [0.2, 0.25) is 5.02 Å². The van der Waals surface area contributed by atoms with Crippen molar-refractivity contribution in [1.29, 1.82) is 0 Å². The van der Waals surface area contributed by atoms with Crippen LogP contribution >= 0.6 is 23.2 Å². The van der Waals surface area contributed by atoms with E-state index in [-0.39, 0.29) is 0 Å². The maximum Gasteiger partial charge on any atom is 0.245 e. The first-order chi connectivity index (χ1) is 9.56. The molecule has 3 rings (SSSR count). The zero-order chi connectivity index (χ0) is 14.3. The van der Waals surface area contributed by atoms with Gasteiger partial charge in [0.05, 0.1) is 10.7 Å². The smallest absolute Gasteiger partial charge is 0.245 e. The minimum atomic E-state index is -0.518. The van der Waals surface area contributed by atoms with Crippen molar-refractivity contribution in [3.8, 4) is 0 Å². The largest absolute Gasteiger partial charge is 0.456 e. The fourth-order valence-electron chi connectivity index (χ4n) is 2.59. The van der Waals surface area contributed by atoms with Crippen LogP contribution in [-0.4, -0.2) is 11.8 Å². The zero-order valence-corrected chi connectivity index (χ0v) is 12.4. The summed E-state index contributed by atoms with van der Waals surface area (Å²) >= 11 is 11.6. The molecule has 5 heteroatoms. The Kier molecular flexibility index (Phi) is 3.48. The summed E-state index contributed by atoms with van der Waals surface area (Å²) in [6.07, 6.45) is 3.80. The molecule has 0 fully saturated rings. The van der Waals surface area contributed by atoms with Gasteiger partial charge in [-0.1, -0.05) is 18.5 Å². The Hall–Kier alpha value is -1.45. The summed E-state index contributed by atoms with van der Waals surface area (Å²) in [6.45, 7) is 3.01. The van der Waals surface area contributed by atoms with Gasteiger partial charge >= 0.3 is 0 Å². The molecule has 1 aromatic heterocycles. The second kappa shape index (κ2) is 5.15. The van der Waals surface area contributed by atoms with Crippen LogP contribution in [0.5, 0.6) is 0 Å². The number of nitrogens with one attached hydrogen (secondary N) is 1. The zero-order valence-electron chi connectivity index (χ0n) is 10.9. The van der Waals surface area contributed by atoms with E-state index in [1.807, 2.05) is 12.1 Å². The molecule has 1 aromatic carbocycles. The van der Waals surface area contributed by atoms with Crippen molar-refractivity contribution >= 4 is 51.2 Å². The standard InChI is InChI=1S/C15H13Cl2NO2/c1-8-6-9-11(4-5-13(17)19)20-12-3-2-10(16)15(14(9)12)18-7-8/h2-5,8,18H,6-7H2,1H3. The molecule has 1 unspecified atom stereocenters. The van der Waals surface area contributed by atoms with Crippen molar-refractivity contribution in [2.75, 3.05) is 11.9 Å². The van der Waals surface area contributed by atoms with Crippen molar-refractivity contribution in [3.63, 3.8) is 0 Å². The Labute approximate surface area is 126 Å². The minimum Gasteiger partial charge on any atom is -0.456 e. The summed E-state index contributed by atoms with van der Waals surface area (Å²) < 4.78 is 5.82. The molecule has 20 heavy (non-hydrogen) atoms. The summed E-state index contributed by atoms with van der Waals surface area (Å²) in [5.41, 5.74) is 2.75. The molecule has 104 valence electrons. The molecule has 0 aliphatic carbocycles. The van der Waals surface area contributed by atoms with Gasteiger partial charge in [-0.05, 0) is 42.1 Å². The normalized spacial score (nSPS) is 18.2. The first-order valence-electron chi connectivity index (χ1n) is 6.41. The molecule has 0 saturated carbocycles. The number of carbonyl (C=O) groups excluding carboxylic acids is 1. The van der Waals surface area contributed by atoms with Crippen LogP contribution in [0.1, 0.15) is 18.2 Å². The molecule has 3 nitrogen and oxygen atoms in total. The number of anilines is 1. The third kappa shape index (κ3) is 2.32. The summed E-state index contributed by atoms with van der Waals surface area (Å²) in [5.74, 6) is 1.12. The highest BCUT2D eigenvalue weighted by atomic mass is 35.5. The number of furan rings is 1. The number of benzene rings is 1. The fourth-order valence-corrected chi connectivity index (χ4v) is 2.88. The Morgan fingerprint density at radius 2 is 2.30 bits per heavy atom. The van der Waals surface area contributed by atoms with Crippen LogP contribution in [0, 0.1) is 5.92 Å². The van der Waals surface area contributed by atoms with Gasteiger partial charge in [-0.2, -0.15) is 0 Å². The monoisotopic (exact) mass is 309 g/mol. The van der Waals surface area contributed by atoms with Gasteiger partial charge in [0, 0.05) is 23.6 Å². The molecule has 1 N–H and O–H groups in total. The van der Waals surface area contributed by atoms with Crippen LogP contribution in [0.3, 0.4) is 0 Å². The van der Waals surface area contributed by atoms with E-state index >= 15 is 0 Å². The first kappa shape index (κ1) is 13.5. The molecular weight excluding hydrogens is 297 g/mol. The van der Waals surface area contributed by atoms with Gasteiger partial charge in [0.25, 0.3) is 0 Å². The highest BCUT2D eigenvalue weighted by molar-refractivity contribution is 6.66. The topological polar surface area (TPSA) is 42.2 Å². The van der Waals surface area contributed by atoms with E-state index in [0.29, 0.717) is 16.7 Å². The average Bonchev–Trinajstić information content (AvgIpc) is 2.62. The Morgan fingerprint density at radius 3 is 3.05 bits per heavy atom. The molecule has 0 spiro atoms. The van der Waals surface area contributed by atoms with Gasteiger partial charge in [-0.25, -0.2) is 0 Å². The van der Waals surface area contributed by atoms with E-state index in [4.69, 9.17) is 27.6 Å². The predicted octanol–water partition coefficient (Wildman–Crippen LogP) is 4.47. The molecule has 0 radical (unpaired) electrons. The molecule has 1 aliphatic heterocycles. The fraction of sp³-hybridized carbons (Fsp3) is 0.267. The van der Waals surface area contributed by atoms with Crippen LogP contribution < -0.4 is 5.32 Å². The van der Waals surface area contributed by atoms with Crippen molar-refractivity contribution in [1.82, 2.24) is 0 Å². The van der Waals surface area contributed by atoms with Crippen molar-refractivity contribution < 1.29 is 9.21 Å². The molecule has 0 bridgehead atoms. The number of carbonyl (C=O) groups is 1. The summed E-state index contributed by atoms with van der Waals surface area (Å²) in [4.78, 5) is 10.9. The maximum atomic E-state index is 10.9. The first-order valence-corrected chi connectivity index (χ1v) is 7.17. The lowest BCUT2D eigenvalue weighted by Gasteiger charge is -2.09. The Bertz CT molecular complexity index is 718. The third-order valence-corrected chi connectivity index (χ3v) is 3.92. The van der Waals surface area contributed by atoms with Gasteiger partial charge < -0.3 is 9.73 Å². The SMILES string of the molecule is CC1CNc2c(Cl)ccc3oc(C=CC(=O)Cl)c(c23)C1. The third-order valence-electron chi connectivity index (χ3n) is 3.48. The van der Waals surface area contributed by atoms with E-state index in [9.17, 15) is 4.79 Å². The van der Waals surface area contributed by atoms with E-state index in [1.54, 1.807) is 6.08 Å². The highest BCUT2D eigenvalue weighted by Crippen LogP contribution is 2.40. The van der Waals surface area contributed by atoms with Crippen LogP contribution in [0.15, 0.2) is 22.6 Å². The number of hydrogen-bond acceptors (Lipinski definition) is 3. The lowest BCUT2D eigenvalue weighted by atomic mass is 9.99. The van der Waals surface area contributed by atoms with E-state index in [0.717, 1.165) is 35.2 Å². The number of rotatable bonds is 2. The number of halogens is 2. The molecule has 0 amide bonds. The van der Waals surface area contributed by atoms with Gasteiger partial charge in [-0.3, -0.25) is 4.79 Å². The van der Waals surface area contributed by atoms with E-state index < -0.39 is 5.24 Å². The predicted molar refractivity (Wildman–Crippen MR) is 82.5 cm³/mol. The van der Waals surface area contributed by atoms with Crippen LogP contribution in [0.25, 0.3) is 17.0 Å². The molecule has 2 aromatic rings. The highest BCUT2D eigenvalue weighted by Gasteiger charge is 2.23. The van der Waals surface area contributed by atoms with Crippen LogP contribution in [-0.2, 0) is 11.2 Å². The minimum absolute atomic E-state index is 0.443. The van der Waals surface area contributed by atoms with Crippen molar-refractivity contribution in [3.05, 3.63) is 34.6 Å². The van der Waals surface area contributed by atoms with Crippen LogP contribution in [0.4, 0.5) is 5.69 Å². The van der Waals surface area contributed by atoms with Gasteiger partial charge in [-0.15, -0.1) is 0 Å². The van der Waals surface area contributed by atoms with Crippen molar-refractivity contribution in [2.24, 2.45) is 5.92 Å². The van der Waals surface area contributed by atoms with E-state index in [2.05, 4.69) is 12.2 Å². The molecule has 2 heterocycles. The molecule has 0 saturated heterocycles. The van der Waals surface area contributed by atoms with Crippen molar-refractivity contribution in [2.45, 2.75) is 13.3 Å². The maximum absolute atomic E-state index is 10.9. The summed E-state index contributed by atoms with van der Waals surface area (Å²) in [5, 5.41) is 4.54. The van der Waals surface area contributed by atoms with E-state index in [1.165, 1.54) is 6.08 Å². The second-order valence-corrected chi connectivity index (χ2v) is 5.85. The number of allylic oxidation sites excluding steroid dienone is 1. The van der Waals surface area contributed by atoms with Gasteiger partial charge in [0.15, 0.2) is 0 Å². The second-order valence-electron chi connectivity index (χ2n) is 5.07.